The van der Waals surface area contributed by atoms with Gasteiger partial charge in [-0.2, -0.15) is 0 Å². The molecule has 0 saturated carbocycles. The van der Waals surface area contributed by atoms with Crippen LogP contribution < -0.4 is 11.1 Å². The van der Waals surface area contributed by atoms with E-state index in [9.17, 15) is 4.79 Å². The number of rotatable bonds is 2. The molecule has 0 aliphatic rings. The second kappa shape index (κ2) is 5.14. The number of hydrogen-bond acceptors (Lipinski definition) is 2. The fourth-order valence-corrected chi connectivity index (χ4v) is 2.33. The summed E-state index contributed by atoms with van der Waals surface area (Å²) < 4.78 is 0. The lowest BCUT2D eigenvalue weighted by Gasteiger charge is -2.12. The first-order valence-corrected chi connectivity index (χ1v) is 6.22. The van der Waals surface area contributed by atoms with Crippen molar-refractivity contribution in [1.82, 2.24) is 0 Å². The van der Waals surface area contributed by atoms with Gasteiger partial charge in [0.2, 0.25) is 0 Å². The van der Waals surface area contributed by atoms with E-state index in [0.717, 1.165) is 16.7 Å². The predicted molar refractivity (Wildman–Crippen MR) is 79.5 cm³/mol. The molecule has 0 saturated heterocycles. The molecule has 0 atom stereocenters. The van der Waals surface area contributed by atoms with Crippen molar-refractivity contribution in [2.75, 3.05) is 11.1 Å². The highest BCUT2D eigenvalue weighted by atomic mass is 16.1. The first-order valence-electron chi connectivity index (χ1n) is 6.22. The van der Waals surface area contributed by atoms with Gasteiger partial charge in [0.05, 0.1) is 11.4 Å². The highest BCUT2D eigenvalue weighted by Gasteiger charge is 2.13. The van der Waals surface area contributed by atoms with E-state index in [2.05, 4.69) is 5.32 Å². The molecule has 1 amide bonds. The normalized spacial score (nSPS) is 10.3. The molecule has 0 aromatic heterocycles. The topological polar surface area (TPSA) is 55.1 Å². The Hall–Kier alpha value is -2.29. The van der Waals surface area contributed by atoms with Crippen molar-refractivity contribution in [1.29, 1.82) is 0 Å². The number of hydrogen-bond donors (Lipinski definition) is 2. The Morgan fingerprint density at radius 1 is 1.05 bits per heavy atom. The minimum Gasteiger partial charge on any atom is -0.397 e. The Morgan fingerprint density at radius 3 is 2.21 bits per heavy atom. The Balaban J connectivity index is 2.34. The average Bonchev–Trinajstić information content (AvgIpc) is 2.30. The van der Waals surface area contributed by atoms with Crippen molar-refractivity contribution in [3.05, 3.63) is 58.7 Å². The van der Waals surface area contributed by atoms with Gasteiger partial charge in [-0.05, 0) is 44.0 Å². The number of benzene rings is 2. The number of para-hydroxylation sites is 2. The second-order valence-electron chi connectivity index (χ2n) is 4.82. The van der Waals surface area contributed by atoms with Crippen LogP contribution in [0, 0.1) is 20.8 Å². The van der Waals surface area contributed by atoms with Crippen molar-refractivity contribution >= 4 is 17.3 Å². The fraction of sp³-hybridized carbons (Fsp3) is 0.188. The lowest BCUT2D eigenvalue weighted by molar-refractivity contribution is 0.102. The predicted octanol–water partition coefficient (Wildman–Crippen LogP) is 3.45. The molecule has 2 aromatic rings. The lowest BCUT2D eigenvalue weighted by atomic mass is 9.99. The molecule has 3 heteroatoms. The fourth-order valence-electron chi connectivity index (χ4n) is 2.33. The molecule has 0 heterocycles. The molecule has 0 bridgehead atoms. The molecule has 0 unspecified atom stereocenters. The number of anilines is 2. The van der Waals surface area contributed by atoms with Crippen LogP contribution in [0.3, 0.4) is 0 Å². The summed E-state index contributed by atoms with van der Waals surface area (Å²) in [4.78, 5) is 12.4. The van der Waals surface area contributed by atoms with Gasteiger partial charge in [-0.15, -0.1) is 0 Å². The van der Waals surface area contributed by atoms with Gasteiger partial charge in [0, 0.05) is 5.56 Å². The van der Waals surface area contributed by atoms with E-state index in [0.29, 0.717) is 16.9 Å². The lowest BCUT2D eigenvalue weighted by Crippen LogP contribution is -2.16. The summed E-state index contributed by atoms with van der Waals surface area (Å²) in [6.45, 7) is 5.92. The van der Waals surface area contributed by atoms with Crippen molar-refractivity contribution < 1.29 is 4.79 Å². The van der Waals surface area contributed by atoms with Gasteiger partial charge in [-0.25, -0.2) is 0 Å². The van der Waals surface area contributed by atoms with Crippen molar-refractivity contribution in [2.45, 2.75) is 20.8 Å². The van der Waals surface area contributed by atoms with E-state index >= 15 is 0 Å². The summed E-state index contributed by atoms with van der Waals surface area (Å²) in [6.07, 6.45) is 0. The highest BCUT2D eigenvalue weighted by molar-refractivity contribution is 6.07. The zero-order valence-electron chi connectivity index (χ0n) is 11.4. The molecule has 2 aromatic carbocycles. The van der Waals surface area contributed by atoms with Gasteiger partial charge < -0.3 is 11.1 Å². The minimum atomic E-state index is -0.118. The van der Waals surface area contributed by atoms with Crippen molar-refractivity contribution in [3.63, 3.8) is 0 Å². The van der Waals surface area contributed by atoms with Gasteiger partial charge >= 0.3 is 0 Å². The molecule has 3 N–H and O–H groups in total. The third kappa shape index (κ3) is 2.76. The molecular formula is C16H18N2O. The first-order chi connectivity index (χ1) is 8.99. The van der Waals surface area contributed by atoms with Crippen molar-refractivity contribution in [3.8, 4) is 0 Å². The van der Waals surface area contributed by atoms with E-state index in [4.69, 9.17) is 5.73 Å². The number of nitrogen functional groups attached to an aromatic ring is 1. The highest BCUT2D eigenvalue weighted by Crippen LogP contribution is 2.21. The maximum absolute atomic E-state index is 12.4. The van der Waals surface area contributed by atoms with Crippen LogP contribution in [-0.4, -0.2) is 5.91 Å². The van der Waals surface area contributed by atoms with Gasteiger partial charge in [0.25, 0.3) is 5.91 Å². The molecule has 19 heavy (non-hydrogen) atoms. The van der Waals surface area contributed by atoms with E-state index in [-0.39, 0.29) is 5.91 Å². The molecule has 0 aliphatic heterocycles. The third-order valence-electron chi connectivity index (χ3n) is 3.11. The van der Waals surface area contributed by atoms with E-state index in [1.54, 1.807) is 12.1 Å². The van der Waals surface area contributed by atoms with Gasteiger partial charge in [0.1, 0.15) is 0 Å². The van der Waals surface area contributed by atoms with Crippen LogP contribution in [0.25, 0.3) is 0 Å². The summed E-state index contributed by atoms with van der Waals surface area (Å²) in [5.74, 6) is -0.118. The van der Waals surface area contributed by atoms with Crippen LogP contribution in [0.1, 0.15) is 27.0 Å². The Kier molecular flexibility index (Phi) is 3.56. The summed E-state index contributed by atoms with van der Waals surface area (Å²) in [5, 5.41) is 2.86. The zero-order chi connectivity index (χ0) is 14.0. The quantitative estimate of drug-likeness (QED) is 0.806. The van der Waals surface area contributed by atoms with Crippen LogP contribution in [0.4, 0.5) is 11.4 Å². The van der Waals surface area contributed by atoms with Gasteiger partial charge in [-0.1, -0.05) is 29.8 Å². The molecule has 0 fully saturated rings. The largest absolute Gasteiger partial charge is 0.397 e. The summed E-state index contributed by atoms with van der Waals surface area (Å²) in [5.41, 5.74) is 10.9. The average molecular weight is 254 g/mol. The third-order valence-corrected chi connectivity index (χ3v) is 3.11. The second-order valence-corrected chi connectivity index (χ2v) is 4.82. The summed E-state index contributed by atoms with van der Waals surface area (Å²) >= 11 is 0. The number of nitrogens with two attached hydrogens (primary N) is 1. The molecule has 0 spiro atoms. The summed E-state index contributed by atoms with van der Waals surface area (Å²) in [6, 6.07) is 11.3. The van der Waals surface area contributed by atoms with Crippen LogP contribution in [0.5, 0.6) is 0 Å². The van der Waals surface area contributed by atoms with Crippen LogP contribution in [0.15, 0.2) is 36.4 Å². The molecular weight excluding hydrogens is 236 g/mol. The van der Waals surface area contributed by atoms with Crippen molar-refractivity contribution in [2.24, 2.45) is 0 Å². The molecule has 98 valence electrons. The Labute approximate surface area is 113 Å². The number of nitrogens with one attached hydrogen (secondary N) is 1. The Bertz CT molecular complexity index is 609. The SMILES string of the molecule is Cc1cc(C)c(C(=O)Nc2ccccc2N)c(C)c1. The standard InChI is InChI=1S/C16H18N2O/c1-10-8-11(2)15(12(3)9-10)16(19)18-14-7-5-4-6-13(14)17/h4-9H,17H2,1-3H3,(H,18,19). The first kappa shape index (κ1) is 13.1. The molecule has 0 aliphatic carbocycles. The van der Waals surface area contributed by atoms with Crippen LogP contribution in [-0.2, 0) is 0 Å². The zero-order valence-corrected chi connectivity index (χ0v) is 11.4. The number of carbonyl (C=O) groups excluding carboxylic acids is 1. The molecule has 2 rings (SSSR count). The number of amides is 1. The van der Waals surface area contributed by atoms with Gasteiger partial charge in [-0.3, -0.25) is 4.79 Å². The number of aryl methyl sites for hydroxylation is 3. The summed E-state index contributed by atoms with van der Waals surface area (Å²) in [7, 11) is 0. The smallest absolute Gasteiger partial charge is 0.256 e. The van der Waals surface area contributed by atoms with E-state index in [1.807, 2.05) is 45.0 Å². The van der Waals surface area contributed by atoms with E-state index in [1.165, 1.54) is 0 Å². The number of carbonyl (C=O) groups is 1. The minimum absolute atomic E-state index is 0.118. The van der Waals surface area contributed by atoms with Crippen LogP contribution in [0.2, 0.25) is 0 Å². The molecule has 0 radical (unpaired) electrons. The monoisotopic (exact) mass is 254 g/mol. The molecule has 3 nitrogen and oxygen atoms in total. The maximum atomic E-state index is 12.4. The Morgan fingerprint density at radius 2 is 1.63 bits per heavy atom. The van der Waals surface area contributed by atoms with E-state index < -0.39 is 0 Å². The maximum Gasteiger partial charge on any atom is 0.256 e. The van der Waals surface area contributed by atoms with Gasteiger partial charge in [0.15, 0.2) is 0 Å². The van der Waals surface area contributed by atoms with Crippen LogP contribution >= 0.6 is 0 Å².